The molecule has 0 saturated heterocycles. The van der Waals surface area contributed by atoms with E-state index in [1.165, 1.54) is 0 Å². The van der Waals surface area contributed by atoms with Gasteiger partial charge in [0, 0.05) is 18.4 Å². The zero-order valence-electron chi connectivity index (χ0n) is 12.7. The third-order valence-electron chi connectivity index (χ3n) is 3.41. The van der Waals surface area contributed by atoms with Crippen LogP contribution in [0.3, 0.4) is 0 Å². The maximum Gasteiger partial charge on any atom is 0.299 e. The van der Waals surface area contributed by atoms with Gasteiger partial charge in [0.15, 0.2) is 11.3 Å². The Labute approximate surface area is 119 Å². The number of amides is 1. The molecule has 0 aliphatic heterocycles. The Hall–Kier alpha value is -1.91. The monoisotopic (exact) mass is 275 g/mol. The number of aromatic nitrogens is 3. The highest BCUT2D eigenvalue weighted by atomic mass is 16.1. The number of rotatable bonds is 5. The molecule has 20 heavy (non-hydrogen) atoms. The van der Waals surface area contributed by atoms with Crippen molar-refractivity contribution in [2.45, 2.75) is 53.4 Å². The summed E-state index contributed by atoms with van der Waals surface area (Å²) in [5.74, 6) is 1.12. The summed E-state index contributed by atoms with van der Waals surface area (Å²) in [5, 5.41) is 2.98. The molecular weight excluding hydrogens is 252 g/mol. The summed E-state index contributed by atoms with van der Waals surface area (Å²) in [7, 11) is 0. The number of carbonyl (C=O) groups is 1. The van der Waals surface area contributed by atoms with Crippen LogP contribution < -0.4 is 10.3 Å². The van der Waals surface area contributed by atoms with E-state index in [-0.39, 0.29) is 5.91 Å². The number of H-pyrrole nitrogens is 2. The minimum absolute atomic E-state index is 0.0455. The van der Waals surface area contributed by atoms with Gasteiger partial charge in [0.05, 0.1) is 5.69 Å². The predicted molar refractivity (Wildman–Crippen MR) is 79.7 cm³/mol. The molecule has 2 aromatic rings. The topological polar surface area (TPSA) is 71.9 Å². The summed E-state index contributed by atoms with van der Waals surface area (Å²) in [4.78, 5) is 23.0. The minimum atomic E-state index is 0.0455. The fourth-order valence-electron chi connectivity index (χ4n) is 2.41. The van der Waals surface area contributed by atoms with Crippen molar-refractivity contribution in [1.82, 2.24) is 9.97 Å². The van der Waals surface area contributed by atoms with Crippen LogP contribution >= 0.6 is 0 Å². The van der Waals surface area contributed by atoms with E-state index in [1.807, 2.05) is 20.8 Å². The lowest BCUT2D eigenvalue weighted by atomic mass is 10.1. The lowest BCUT2D eigenvalue weighted by Crippen LogP contribution is -2.14. The SMILES string of the molecule is CCCC(=O)Nc1c(C)nc2[nH+]c(CCC)[nH]c2c1C. The van der Waals surface area contributed by atoms with Crippen LogP contribution in [0.2, 0.25) is 0 Å². The second-order valence-corrected chi connectivity index (χ2v) is 5.20. The molecule has 0 spiro atoms. The number of anilines is 1. The molecule has 0 radical (unpaired) electrons. The van der Waals surface area contributed by atoms with Crippen molar-refractivity contribution in [3.63, 3.8) is 0 Å². The third-order valence-corrected chi connectivity index (χ3v) is 3.41. The van der Waals surface area contributed by atoms with Gasteiger partial charge in [-0.1, -0.05) is 13.8 Å². The molecule has 0 aliphatic rings. The van der Waals surface area contributed by atoms with E-state index in [0.717, 1.165) is 53.2 Å². The Morgan fingerprint density at radius 3 is 2.70 bits per heavy atom. The minimum Gasteiger partial charge on any atom is -0.323 e. The first kappa shape index (κ1) is 14.5. The van der Waals surface area contributed by atoms with Crippen LogP contribution in [0.15, 0.2) is 0 Å². The molecule has 5 heteroatoms. The van der Waals surface area contributed by atoms with E-state index in [0.29, 0.717) is 6.42 Å². The first-order valence-electron chi connectivity index (χ1n) is 7.27. The fourth-order valence-corrected chi connectivity index (χ4v) is 2.41. The number of pyridine rings is 1. The van der Waals surface area contributed by atoms with E-state index >= 15 is 0 Å². The highest BCUT2D eigenvalue weighted by molar-refractivity contribution is 5.94. The average molecular weight is 275 g/mol. The molecule has 0 aliphatic carbocycles. The first-order valence-corrected chi connectivity index (χ1v) is 7.27. The standard InChI is InChI=1S/C15H22N4O/c1-5-7-11-17-14-9(3)13(19-12(20)8-6-2)10(4)16-15(14)18-11/h5-8H2,1-4H3,(H,19,20)(H,16,17,18)/p+1. The molecule has 2 aromatic heterocycles. The number of carbonyl (C=O) groups excluding carboxylic acids is 1. The van der Waals surface area contributed by atoms with E-state index in [2.05, 4.69) is 27.2 Å². The lowest BCUT2D eigenvalue weighted by Gasteiger charge is -2.08. The number of nitrogens with zero attached hydrogens (tertiary/aromatic N) is 1. The highest BCUT2D eigenvalue weighted by Gasteiger charge is 2.19. The summed E-state index contributed by atoms with van der Waals surface area (Å²) >= 11 is 0. The normalized spacial score (nSPS) is 11.0. The van der Waals surface area contributed by atoms with E-state index in [4.69, 9.17) is 0 Å². The van der Waals surface area contributed by atoms with Gasteiger partial charge in [-0.15, -0.1) is 4.98 Å². The summed E-state index contributed by atoms with van der Waals surface area (Å²) in [6, 6.07) is 0. The van der Waals surface area contributed by atoms with Crippen LogP contribution in [0.5, 0.6) is 0 Å². The second-order valence-electron chi connectivity index (χ2n) is 5.20. The van der Waals surface area contributed by atoms with Gasteiger partial charge in [0.2, 0.25) is 5.91 Å². The van der Waals surface area contributed by atoms with Crippen molar-refractivity contribution in [2.24, 2.45) is 0 Å². The van der Waals surface area contributed by atoms with Crippen molar-refractivity contribution in [1.29, 1.82) is 0 Å². The second kappa shape index (κ2) is 6.03. The predicted octanol–water partition coefficient (Wildman–Crippen LogP) is 2.68. The number of aromatic amines is 2. The smallest absolute Gasteiger partial charge is 0.299 e. The summed E-state index contributed by atoms with van der Waals surface area (Å²) in [6.07, 6.45) is 3.42. The van der Waals surface area contributed by atoms with Gasteiger partial charge < -0.3 is 5.32 Å². The van der Waals surface area contributed by atoms with E-state index in [9.17, 15) is 4.79 Å². The molecule has 0 aromatic carbocycles. The Morgan fingerprint density at radius 2 is 2.05 bits per heavy atom. The molecular formula is C15H23N4O+. The quantitative estimate of drug-likeness (QED) is 0.880. The van der Waals surface area contributed by atoms with E-state index < -0.39 is 0 Å². The molecule has 0 fully saturated rings. The number of hydrogen-bond donors (Lipinski definition) is 2. The Morgan fingerprint density at radius 1 is 1.30 bits per heavy atom. The van der Waals surface area contributed by atoms with Gasteiger partial charge in [0.1, 0.15) is 5.69 Å². The number of nitrogens with one attached hydrogen (secondary N) is 3. The van der Waals surface area contributed by atoms with Gasteiger partial charge in [0.25, 0.3) is 5.65 Å². The van der Waals surface area contributed by atoms with Crippen LogP contribution in [-0.4, -0.2) is 15.9 Å². The van der Waals surface area contributed by atoms with Crippen LogP contribution in [-0.2, 0) is 11.2 Å². The fraction of sp³-hybridized carbons (Fsp3) is 0.533. The van der Waals surface area contributed by atoms with Crippen molar-refractivity contribution in [3.05, 3.63) is 17.1 Å². The van der Waals surface area contributed by atoms with Gasteiger partial charge in [-0.05, 0) is 26.7 Å². The largest absolute Gasteiger partial charge is 0.323 e. The summed E-state index contributed by atoms with van der Waals surface area (Å²) in [6.45, 7) is 8.08. The zero-order chi connectivity index (χ0) is 14.7. The summed E-state index contributed by atoms with van der Waals surface area (Å²) in [5.41, 5.74) is 4.55. The van der Waals surface area contributed by atoms with Gasteiger partial charge in [-0.25, -0.2) is 4.98 Å². The first-order chi connectivity index (χ1) is 9.56. The van der Waals surface area contributed by atoms with Gasteiger partial charge >= 0.3 is 0 Å². The number of imidazole rings is 1. The maximum absolute atomic E-state index is 11.8. The average Bonchev–Trinajstić information content (AvgIpc) is 2.78. The molecule has 0 atom stereocenters. The molecule has 0 unspecified atom stereocenters. The van der Waals surface area contributed by atoms with Crippen LogP contribution in [0.25, 0.3) is 11.2 Å². The van der Waals surface area contributed by atoms with Crippen molar-refractivity contribution < 1.29 is 9.78 Å². The number of hydrogen-bond acceptors (Lipinski definition) is 2. The Balaban J connectivity index is 2.42. The zero-order valence-corrected chi connectivity index (χ0v) is 12.7. The molecule has 2 heterocycles. The lowest BCUT2D eigenvalue weighted by molar-refractivity contribution is -0.360. The van der Waals surface area contributed by atoms with Gasteiger partial charge in [-0.3, -0.25) is 9.78 Å². The molecule has 0 saturated carbocycles. The van der Waals surface area contributed by atoms with Crippen LogP contribution in [0, 0.1) is 13.8 Å². The molecule has 5 nitrogen and oxygen atoms in total. The molecule has 3 N–H and O–H groups in total. The van der Waals surface area contributed by atoms with Crippen LogP contribution in [0.4, 0.5) is 5.69 Å². The number of aryl methyl sites for hydroxylation is 3. The third kappa shape index (κ3) is 2.81. The molecule has 108 valence electrons. The van der Waals surface area contributed by atoms with Gasteiger partial charge in [-0.2, -0.15) is 0 Å². The van der Waals surface area contributed by atoms with Crippen molar-refractivity contribution >= 4 is 22.8 Å². The van der Waals surface area contributed by atoms with Crippen LogP contribution in [0.1, 0.15) is 50.2 Å². The number of fused-ring (bicyclic) bond motifs is 1. The molecule has 1 amide bonds. The highest BCUT2D eigenvalue weighted by Crippen LogP contribution is 2.24. The van der Waals surface area contributed by atoms with E-state index in [1.54, 1.807) is 0 Å². The molecule has 0 bridgehead atoms. The van der Waals surface area contributed by atoms with Crippen molar-refractivity contribution in [3.8, 4) is 0 Å². The maximum atomic E-state index is 11.8. The summed E-state index contributed by atoms with van der Waals surface area (Å²) < 4.78 is 0. The molecule has 2 rings (SSSR count). The Bertz CT molecular complexity index is 630. The Kier molecular flexibility index (Phi) is 4.37. The van der Waals surface area contributed by atoms with Crippen molar-refractivity contribution in [2.75, 3.05) is 5.32 Å².